The molecule has 3 aromatic rings. The van der Waals surface area contributed by atoms with Crippen molar-refractivity contribution < 1.29 is 13.6 Å². The molecular formula is C24H25F2N7O. The fourth-order valence-electron chi connectivity index (χ4n) is 5.02. The lowest BCUT2D eigenvalue weighted by molar-refractivity contribution is -0.104. The van der Waals surface area contributed by atoms with Gasteiger partial charge >= 0.3 is 0 Å². The topological polar surface area (TPSA) is 114 Å². The summed E-state index contributed by atoms with van der Waals surface area (Å²) in [7, 11) is 0. The van der Waals surface area contributed by atoms with Crippen LogP contribution in [0.5, 0.6) is 0 Å². The maximum Gasteiger partial charge on any atom is 0.266 e. The van der Waals surface area contributed by atoms with Crippen molar-refractivity contribution in [2.24, 2.45) is 5.41 Å². The number of halogens is 2. The van der Waals surface area contributed by atoms with Crippen LogP contribution in [0.25, 0.3) is 28.0 Å². The van der Waals surface area contributed by atoms with Crippen molar-refractivity contribution >= 4 is 28.7 Å². The van der Waals surface area contributed by atoms with Gasteiger partial charge in [0, 0.05) is 31.7 Å². The van der Waals surface area contributed by atoms with E-state index in [1.165, 1.54) is 6.33 Å². The van der Waals surface area contributed by atoms with Gasteiger partial charge in [0.15, 0.2) is 5.82 Å². The Morgan fingerprint density at radius 3 is 2.53 bits per heavy atom. The van der Waals surface area contributed by atoms with E-state index >= 15 is 0 Å². The van der Waals surface area contributed by atoms with Crippen molar-refractivity contribution in [1.29, 1.82) is 0 Å². The number of H-pyrrole nitrogens is 1. The van der Waals surface area contributed by atoms with Crippen LogP contribution in [-0.4, -0.2) is 49.2 Å². The number of nitrogens with two attached hydrogens (primary N) is 1. The number of piperidine rings is 1. The average Bonchev–Trinajstić information content (AvgIpc) is 3.25. The number of nitrogens with zero attached hydrogens (tertiary/aromatic N) is 5. The summed E-state index contributed by atoms with van der Waals surface area (Å²) in [4.78, 5) is 33.0. The molecule has 1 aliphatic carbocycles. The van der Waals surface area contributed by atoms with E-state index in [4.69, 9.17) is 5.73 Å². The minimum absolute atomic E-state index is 0.234. The number of alkyl halides is 2. The van der Waals surface area contributed by atoms with Gasteiger partial charge < -0.3 is 15.6 Å². The lowest BCUT2D eigenvalue weighted by atomic mass is 9.68. The predicted octanol–water partition coefficient (Wildman–Crippen LogP) is 4.30. The summed E-state index contributed by atoms with van der Waals surface area (Å²) in [5, 5.41) is 0.596. The Balaban J connectivity index is 1.48. The van der Waals surface area contributed by atoms with Crippen LogP contribution in [0.1, 0.15) is 49.8 Å². The fourth-order valence-corrected chi connectivity index (χ4v) is 5.02. The second-order valence-corrected chi connectivity index (χ2v) is 8.95. The fraction of sp³-hybridized carbons (Fsp3) is 0.375. The Morgan fingerprint density at radius 2 is 1.88 bits per heavy atom. The number of allylic oxidation sites excluding steroid dienone is 3. The van der Waals surface area contributed by atoms with Crippen molar-refractivity contribution in [3.05, 3.63) is 48.3 Å². The molecule has 3 aromatic heterocycles. The molecule has 2 aliphatic rings. The molecule has 0 amide bonds. The van der Waals surface area contributed by atoms with E-state index in [1.54, 1.807) is 6.08 Å². The number of aromatic nitrogens is 5. The van der Waals surface area contributed by atoms with Gasteiger partial charge in [0.1, 0.15) is 24.1 Å². The normalized spacial score (nSPS) is 18.2. The minimum atomic E-state index is -2.64. The van der Waals surface area contributed by atoms with Crippen LogP contribution in [-0.2, 0) is 4.79 Å². The van der Waals surface area contributed by atoms with Crippen molar-refractivity contribution in [2.75, 3.05) is 18.8 Å². The molecule has 0 atom stereocenters. The predicted molar refractivity (Wildman–Crippen MR) is 125 cm³/mol. The standard InChI is InChI=1S/C24H25F2N7O/c25-20(26)16-12-28-22(29-13-16)17-18-21(27)30-14-31-23(18)32-19(17)15-2-4-24(5-3-15)6-9-33(10-7-24)8-1-11-34/h1-2,8,11-14,20H,3-7,9-10H2,(H3,27,30,31,32). The second-order valence-electron chi connectivity index (χ2n) is 8.95. The van der Waals surface area contributed by atoms with Gasteiger partial charge in [0.2, 0.25) is 0 Å². The maximum absolute atomic E-state index is 13.0. The van der Waals surface area contributed by atoms with E-state index in [0.29, 0.717) is 22.4 Å². The van der Waals surface area contributed by atoms with Gasteiger partial charge in [-0.2, -0.15) is 0 Å². The average molecular weight is 466 g/mol. The van der Waals surface area contributed by atoms with Crippen LogP contribution in [0.15, 0.2) is 37.1 Å². The number of carbonyl (C=O) groups is 1. The molecular weight excluding hydrogens is 440 g/mol. The van der Waals surface area contributed by atoms with Crippen molar-refractivity contribution in [2.45, 2.75) is 38.5 Å². The van der Waals surface area contributed by atoms with Gasteiger partial charge in [-0.3, -0.25) is 4.79 Å². The highest BCUT2D eigenvalue weighted by Gasteiger charge is 2.36. The first-order chi connectivity index (χ1) is 16.5. The number of anilines is 1. The van der Waals surface area contributed by atoms with Crippen LogP contribution in [0.3, 0.4) is 0 Å². The van der Waals surface area contributed by atoms with Crippen molar-refractivity contribution in [3.8, 4) is 11.4 Å². The molecule has 8 nitrogen and oxygen atoms in total. The van der Waals surface area contributed by atoms with Gasteiger partial charge in [0.05, 0.1) is 22.2 Å². The van der Waals surface area contributed by atoms with E-state index in [0.717, 1.165) is 75.1 Å². The summed E-state index contributed by atoms with van der Waals surface area (Å²) in [6.07, 6.45) is 12.5. The van der Waals surface area contributed by atoms with Crippen LogP contribution >= 0.6 is 0 Å². The number of hydrogen-bond donors (Lipinski definition) is 2. The molecule has 4 heterocycles. The number of aldehydes is 1. The lowest BCUT2D eigenvalue weighted by Crippen LogP contribution is -2.38. The van der Waals surface area contributed by atoms with Gasteiger partial charge in [-0.25, -0.2) is 28.7 Å². The third-order valence-electron chi connectivity index (χ3n) is 7.03. The molecule has 34 heavy (non-hydrogen) atoms. The quantitative estimate of drug-likeness (QED) is 0.427. The summed E-state index contributed by atoms with van der Waals surface area (Å²) in [6.45, 7) is 1.86. The molecule has 1 aliphatic heterocycles. The monoisotopic (exact) mass is 465 g/mol. The van der Waals surface area contributed by atoms with E-state index in [1.807, 2.05) is 6.20 Å². The van der Waals surface area contributed by atoms with Gasteiger partial charge in [-0.15, -0.1) is 0 Å². The molecule has 10 heteroatoms. The zero-order valence-corrected chi connectivity index (χ0v) is 18.5. The van der Waals surface area contributed by atoms with Crippen LogP contribution < -0.4 is 5.73 Å². The molecule has 1 saturated heterocycles. The number of nitrogen functional groups attached to an aromatic ring is 1. The SMILES string of the molecule is Nc1ncnc2[nH]c(C3=CCC4(CC3)CCN(C=CC=O)CC4)c(-c3ncc(C(F)F)cn3)c12. The summed E-state index contributed by atoms with van der Waals surface area (Å²) in [5.74, 6) is 0.594. The minimum Gasteiger partial charge on any atom is -0.383 e. The Morgan fingerprint density at radius 1 is 1.12 bits per heavy atom. The zero-order chi connectivity index (χ0) is 23.7. The first-order valence-corrected chi connectivity index (χ1v) is 11.3. The molecule has 3 N–H and O–H groups in total. The summed E-state index contributed by atoms with van der Waals surface area (Å²) >= 11 is 0. The van der Waals surface area contributed by atoms with E-state index in [9.17, 15) is 13.6 Å². The first kappa shape index (κ1) is 22.1. The van der Waals surface area contributed by atoms with Gasteiger partial charge in [-0.05, 0) is 49.2 Å². The number of fused-ring (bicyclic) bond motifs is 1. The Bertz CT molecular complexity index is 1260. The highest BCUT2D eigenvalue weighted by atomic mass is 19.3. The molecule has 0 aromatic carbocycles. The Hall–Kier alpha value is -3.69. The highest BCUT2D eigenvalue weighted by molar-refractivity contribution is 6.04. The van der Waals surface area contributed by atoms with E-state index < -0.39 is 6.43 Å². The number of aromatic amines is 1. The third-order valence-corrected chi connectivity index (χ3v) is 7.03. The largest absolute Gasteiger partial charge is 0.383 e. The molecule has 1 spiro atoms. The smallest absolute Gasteiger partial charge is 0.266 e. The Kier molecular flexibility index (Phi) is 5.80. The maximum atomic E-state index is 13.0. The molecule has 0 unspecified atom stereocenters. The molecule has 1 fully saturated rings. The molecule has 0 saturated carbocycles. The number of rotatable bonds is 5. The van der Waals surface area contributed by atoms with Crippen molar-refractivity contribution in [3.63, 3.8) is 0 Å². The van der Waals surface area contributed by atoms with Crippen molar-refractivity contribution in [1.82, 2.24) is 29.8 Å². The first-order valence-electron chi connectivity index (χ1n) is 11.3. The third kappa shape index (κ3) is 4.04. The molecule has 0 bridgehead atoms. The zero-order valence-electron chi connectivity index (χ0n) is 18.5. The second kappa shape index (κ2) is 8.92. The van der Waals surface area contributed by atoms with E-state index in [-0.39, 0.29) is 16.8 Å². The van der Waals surface area contributed by atoms with Gasteiger partial charge in [-0.1, -0.05) is 6.08 Å². The van der Waals surface area contributed by atoms with E-state index in [2.05, 4.69) is 35.9 Å². The molecule has 0 radical (unpaired) electrons. The van der Waals surface area contributed by atoms with Crippen LogP contribution in [0.2, 0.25) is 0 Å². The number of nitrogens with one attached hydrogen (secondary N) is 1. The van der Waals surface area contributed by atoms with Crippen LogP contribution in [0.4, 0.5) is 14.6 Å². The van der Waals surface area contributed by atoms with Crippen LogP contribution in [0, 0.1) is 5.41 Å². The summed E-state index contributed by atoms with van der Waals surface area (Å²) < 4.78 is 26.1. The number of likely N-dealkylation sites (tertiary alicyclic amines) is 1. The summed E-state index contributed by atoms with van der Waals surface area (Å²) in [5.41, 5.74) is 9.32. The summed E-state index contributed by atoms with van der Waals surface area (Å²) in [6, 6.07) is 0. The Labute approximate surface area is 195 Å². The lowest BCUT2D eigenvalue weighted by Gasteiger charge is -2.43. The molecule has 176 valence electrons. The number of hydrogen-bond acceptors (Lipinski definition) is 7. The van der Waals surface area contributed by atoms with Gasteiger partial charge in [0.25, 0.3) is 6.43 Å². The highest BCUT2D eigenvalue weighted by Crippen LogP contribution is 2.47. The molecule has 5 rings (SSSR count). The number of carbonyl (C=O) groups excluding carboxylic acids is 1.